The van der Waals surface area contributed by atoms with Crippen LogP contribution in [0.1, 0.15) is 16.1 Å². The van der Waals surface area contributed by atoms with Crippen molar-refractivity contribution in [1.82, 2.24) is 9.97 Å². The number of nitrogens with zero attached hydrogens (tertiary/aromatic N) is 2. The molecule has 0 aliphatic carbocycles. The highest BCUT2D eigenvalue weighted by atomic mass is 79.9. The predicted molar refractivity (Wildman–Crippen MR) is 66.9 cm³/mol. The third kappa shape index (κ3) is 2.34. The number of carboxylic acids is 1. The number of hydrogen-bond acceptors (Lipinski definition) is 3. The summed E-state index contributed by atoms with van der Waals surface area (Å²) in [6.07, 6.45) is 1.37. The molecule has 17 heavy (non-hydrogen) atoms. The second-order valence-corrected chi connectivity index (χ2v) is 4.41. The molecule has 0 unspecified atom stereocenters. The zero-order valence-corrected chi connectivity index (χ0v) is 10.6. The molecular formula is C12H9BrN2O2. The van der Waals surface area contributed by atoms with Gasteiger partial charge in [0.2, 0.25) is 0 Å². The Kier molecular flexibility index (Phi) is 3.19. The lowest BCUT2D eigenvalue weighted by molar-refractivity contribution is 0.0696. The fraction of sp³-hybridized carbons (Fsp3) is 0.0833. The van der Waals surface area contributed by atoms with Gasteiger partial charge >= 0.3 is 5.97 Å². The first-order valence-electron chi connectivity index (χ1n) is 4.90. The van der Waals surface area contributed by atoms with Crippen LogP contribution in [-0.4, -0.2) is 21.0 Å². The van der Waals surface area contributed by atoms with E-state index >= 15 is 0 Å². The minimum Gasteiger partial charge on any atom is -0.478 e. The maximum absolute atomic E-state index is 11.2. The normalized spacial score (nSPS) is 10.2. The van der Waals surface area contributed by atoms with Gasteiger partial charge in [-0.2, -0.15) is 0 Å². The van der Waals surface area contributed by atoms with E-state index in [1.54, 1.807) is 6.92 Å². The molecule has 0 aliphatic heterocycles. The average molecular weight is 293 g/mol. The minimum atomic E-state index is -1.01. The van der Waals surface area contributed by atoms with Crippen molar-refractivity contribution in [3.8, 4) is 11.3 Å². The Morgan fingerprint density at radius 2 is 1.88 bits per heavy atom. The second kappa shape index (κ2) is 4.63. The maximum atomic E-state index is 11.2. The van der Waals surface area contributed by atoms with E-state index in [4.69, 9.17) is 0 Å². The Morgan fingerprint density at radius 1 is 1.24 bits per heavy atom. The summed E-state index contributed by atoms with van der Waals surface area (Å²) < 4.78 is 0.934. The zero-order valence-electron chi connectivity index (χ0n) is 9.01. The van der Waals surface area contributed by atoms with Gasteiger partial charge in [0.15, 0.2) is 0 Å². The predicted octanol–water partition coefficient (Wildman–Crippen LogP) is 2.91. The van der Waals surface area contributed by atoms with E-state index in [1.165, 1.54) is 6.33 Å². The number of aromatic nitrogens is 2. The van der Waals surface area contributed by atoms with Crippen molar-refractivity contribution in [2.24, 2.45) is 0 Å². The zero-order chi connectivity index (χ0) is 12.4. The molecule has 0 bridgehead atoms. The van der Waals surface area contributed by atoms with Gasteiger partial charge in [-0.05, 0) is 19.1 Å². The molecule has 1 aromatic heterocycles. The summed E-state index contributed by atoms with van der Waals surface area (Å²) in [5.41, 5.74) is 1.81. The number of rotatable bonds is 2. The Balaban J connectivity index is 2.63. The van der Waals surface area contributed by atoms with E-state index in [0.29, 0.717) is 11.4 Å². The molecule has 0 saturated heterocycles. The molecule has 0 atom stereocenters. The summed E-state index contributed by atoms with van der Waals surface area (Å²) in [5, 5.41) is 9.17. The summed E-state index contributed by atoms with van der Waals surface area (Å²) >= 11 is 3.33. The number of aryl methyl sites for hydroxylation is 1. The molecule has 1 aromatic carbocycles. The van der Waals surface area contributed by atoms with Gasteiger partial charge in [0.1, 0.15) is 11.9 Å². The van der Waals surface area contributed by atoms with E-state index in [1.807, 2.05) is 24.3 Å². The van der Waals surface area contributed by atoms with Crippen LogP contribution >= 0.6 is 15.9 Å². The minimum absolute atomic E-state index is 0.148. The topological polar surface area (TPSA) is 63.1 Å². The summed E-state index contributed by atoms with van der Waals surface area (Å²) in [6.45, 7) is 1.66. The summed E-state index contributed by atoms with van der Waals surface area (Å²) in [5.74, 6) is -1.01. The lowest BCUT2D eigenvalue weighted by Crippen LogP contribution is -2.06. The fourth-order valence-electron chi connectivity index (χ4n) is 1.56. The lowest BCUT2D eigenvalue weighted by Gasteiger charge is -2.07. The van der Waals surface area contributed by atoms with Crippen LogP contribution in [0.15, 0.2) is 35.1 Å². The SMILES string of the molecule is Cc1ncnc(-c2ccc(Br)cc2)c1C(=O)O. The summed E-state index contributed by atoms with van der Waals surface area (Å²) in [6, 6.07) is 7.33. The van der Waals surface area contributed by atoms with E-state index in [9.17, 15) is 9.90 Å². The lowest BCUT2D eigenvalue weighted by atomic mass is 10.1. The molecule has 2 aromatic rings. The van der Waals surface area contributed by atoms with Gasteiger partial charge in [-0.15, -0.1) is 0 Å². The van der Waals surface area contributed by atoms with Crippen molar-refractivity contribution < 1.29 is 9.90 Å². The van der Waals surface area contributed by atoms with Crippen LogP contribution in [0.25, 0.3) is 11.3 Å². The van der Waals surface area contributed by atoms with Crippen molar-refractivity contribution in [3.63, 3.8) is 0 Å². The molecule has 0 spiro atoms. The molecule has 0 fully saturated rings. The van der Waals surface area contributed by atoms with E-state index in [2.05, 4.69) is 25.9 Å². The van der Waals surface area contributed by atoms with Crippen molar-refractivity contribution in [3.05, 3.63) is 46.3 Å². The molecule has 0 saturated carbocycles. The van der Waals surface area contributed by atoms with Crippen LogP contribution < -0.4 is 0 Å². The Hall–Kier alpha value is -1.75. The third-order valence-electron chi connectivity index (χ3n) is 2.37. The van der Waals surface area contributed by atoms with E-state index in [-0.39, 0.29) is 5.56 Å². The smallest absolute Gasteiger partial charge is 0.339 e. The quantitative estimate of drug-likeness (QED) is 0.924. The van der Waals surface area contributed by atoms with Crippen molar-refractivity contribution in [1.29, 1.82) is 0 Å². The molecular weight excluding hydrogens is 284 g/mol. The van der Waals surface area contributed by atoms with Crippen LogP contribution in [-0.2, 0) is 0 Å². The first kappa shape index (κ1) is 11.7. The fourth-order valence-corrected chi connectivity index (χ4v) is 1.82. The molecule has 5 heteroatoms. The van der Waals surface area contributed by atoms with Crippen molar-refractivity contribution >= 4 is 21.9 Å². The van der Waals surface area contributed by atoms with Gasteiger partial charge in [0.25, 0.3) is 0 Å². The maximum Gasteiger partial charge on any atom is 0.339 e. The van der Waals surface area contributed by atoms with Crippen molar-refractivity contribution in [2.75, 3.05) is 0 Å². The molecule has 86 valence electrons. The van der Waals surface area contributed by atoms with Crippen LogP contribution in [0.3, 0.4) is 0 Å². The van der Waals surface area contributed by atoms with Gasteiger partial charge in [0.05, 0.1) is 11.4 Å². The molecule has 1 N–H and O–H groups in total. The monoisotopic (exact) mass is 292 g/mol. The third-order valence-corrected chi connectivity index (χ3v) is 2.90. The first-order chi connectivity index (χ1) is 8.09. The van der Waals surface area contributed by atoms with Crippen LogP contribution in [0.2, 0.25) is 0 Å². The second-order valence-electron chi connectivity index (χ2n) is 3.49. The number of hydrogen-bond donors (Lipinski definition) is 1. The van der Waals surface area contributed by atoms with Crippen LogP contribution in [0, 0.1) is 6.92 Å². The number of carbonyl (C=O) groups is 1. The highest BCUT2D eigenvalue weighted by Gasteiger charge is 2.16. The highest BCUT2D eigenvalue weighted by molar-refractivity contribution is 9.10. The molecule has 4 nitrogen and oxygen atoms in total. The number of benzene rings is 1. The molecule has 0 aliphatic rings. The number of halogens is 1. The Morgan fingerprint density at radius 3 is 2.47 bits per heavy atom. The number of aromatic carboxylic acids is 1. The molecule has 1 heterocycles. The highest BCUT2D eigenvalue weighted by Crippen LogP contribution is 2.24. The Bertz CT molecular complexity index is 567. The largest absolute Gasteiger partial charge is 0.478 e. The van der Waals surface area contributed by atoms with Crippen LogP contribution in [0.5, 0.6) is 0 Å². The van der Waals surface area contributed by atoms with Gasteiger partial charge in [0, 0.05) is 10.0 Å². The van der Waals surface area contributed by atoms with E-state index in [0.717, 1.165) is 10.0 Å². The van der Waals surface area contributed by atoms with Gasteiger partial charge in [-0.1, -0.05) is 28.1 Å². The summed E-state index contributed by atoms with van der Waals surface area (Å²) in [7, 11) is 0. The Labute approximate surface area is 106 Å². The summed E-state index contributed by atoms with van der Waals surface area (Å²) in [4.78, 5) is 19.1. The number of carboxylic acid groups (broad SMARTS) is 1. The standard InChI is InChI=1S/C12H9BrN2O2/c1-7-10(12(16)17)11(15-6-14-7)8-2-4-9(13)5-3-8/h2-6H,1H3,(H,16,17). The molecule has 0 amide bonds. The van der Waals surface area contributed by atoms with Gasteiger partial charge in [-0.3, -0.25) is 0 Å². The van der Waals surface area contributed by atoms with E-state index < -0.39 is 5.97 Å². The van der Waals surface area contributed by atoms with Crippen molar-refractivity contribution in [2.45, 2.75) is 6.92 Å². The molecule has 0 radical (unpaired) electrons. The van der Waals surface area contributed by atoms with Crippen LogP contribution in [0.4, 0.5) is 0 Å². The van der Waals surface area contributed by atoms with Gasteiger partial charge in [-0.25, -0.2) is 14.8 Å². The molecule has 2 rings (SSSR count). The first-order valence-corrected chi connectivity index (χ1v) is 5.69. The van der Waals surface area contributed by atoms with Gasteiger partial charge < -0.3 is 5.11 Å². The average Bonchev–Trinajstić information content (AvgIpc) is 2.29.